The molecule has 5 rings (SSSR count). The van der Waals surface area contributed by atoms with Gasteiger partial charge < -0.3 is 9.64 Å². The van der Waals surface area contributed by atoms with E-state index in [1.807, 2.05) is 19.9 Å². The minimum Gasteiger partial charge on any atom is -0.406 e. The van der Waals surface area contributed by atoms with Gasteiger partial charge in [-0.25, -0.2) is 14.8 Å². The maximum atomic E-state index is 13.3. The molecule has 2 amide bonds. The number of amidine groups is 1. The van der Waals surface area contributed by atoms with Crippen LogP contribution in [-0.4, -0.2) is 42.3 Å². The Kier molecular flexibility index (Phi) is 5.02. The second-order valence-corrected chi connectivity index (χ2v) is 8.40. The summed E-state index contributed by atoms with van der Waals surface area (Å²) >= 11 is 0. The van der Waals surface area contributed by atoms with Gasteiger partial charge in [0.1, 0.15) is 11.6 Å². The molecule has 1 saturated heterocycles. The van der Waals surface area contributed by atoms with Gasteiger partial charge in [-0.1, -0.05) is 12.1 Å². The summed E-state index contributed by atoms with van der Waals surface area (Å²) in [5.74, 6) is 0.765. The van der Waals surface area contributed by atoms with Gasteiger partial charge in [0.15, 0.2) is 5.82 Å². The Morgan fingerprint density at radius 2 is 2.03 bits per heavy atom. The first-order chi connectivity index (χ1) is 15.7. The zero-order chi connectivity index (χ0) is 23.3. The lowest BCUT2D eigenvalue weighted by Crippen LogP contribution is -2.51. The molecule has 10 heteroatoms. The lowest BCUT2D eigenvalue weighted by atomic mass is 10.1. The number of alkyl halides is 3. The van der Waals surface area contributed by atoms with Crippen LogP contribution in [0.5, 0.6) is 5.75 Å². The number of ether oxygens (including phenoxy) is 1. The molecular formula is C23H22F3N5O2. The third-order valence-corrected chi connectivity index (χ3v) is 6.14. The summed E-state index contributed by atoms with van der Waals surface area (Å²) < 4.78 is 42.0. The minimum atomic E-state index is -4.78. The van der Waals surface area contributed by atoms with E-state index in [1.165, 1.54) is 18.2 Å². The average Bonchev–Trinajstić information content (AvgIpc) is 3.30. The molecule has 2 aromatic rings. The van der Waals surface area contributed by atoms with Crippen LogP contribution in [0.4, 0.5) is 29.5 Å². The number of pyridine rings is 1. The van der Waals surface area contributed by atoms with Gasteiger partial charge in [-0.2, -0.15) is 0 Å². The number of nitrogens with zero attached hydrogens (tertiary/aromatic N) is 4. The van der Waals surface area contributed by atoms with Crippen LogP contribution in [0.15, 0.2) is 52.7 Å². The summed E-state index contributed by atoms with van der Waals surface area (Å²) in [6, 6.07) is 8.92. The Morgan fingerprint density at radius 3 is 2.76 bits per heavy atom. The fraction of sp³-hybridized carbons (Fsp3) is 0.348. The highest BCUT2D eigenvalue weighted by Gasteiger charge is 2.40. The summed E-state index contributed by atoms with van der Waals surface area (Å²) in [4.78, 5) is 26.3. The molecule has 3 aliphatic rings. The van der Waals surface area contributed by atoms with Crippen LogP contribution in [0.3, 0.4) is 0 Å². The number of carbonyl (C=O) groups excluding carboxylic acids is 1. The molecular weight excluding hydrogens is 435 g/mol. The SMILES string of the molecule is CC1=C(C)N=C(NC(=O)N2c3nc(-c4cccc(OC(F)(F)F)c4)ccc3N3CC[C@H]2C3)C1. The van der Waals surface area contributed by atoms with Gasteiger partial charge in [0.05, 0.1) is 17.4 Å². The summed E-state index contributed by atoms with van der Waals surface area (Å²) in [6.45, 7) is 5.40. The normalized spacial score (nSPS) is 19.5. The first-order valence-corrected chi connectivity index (χ1v) is 10.6. The molecule has 1 fully saturated rings. The first kappa shape index (κ1) is 21.3. The van der Waals surface area contributed by atoms with Crippen LogP contribution in [0.2, 0.25) is 0 Å². The van der Waals surface area contributed by atoms with Gasteiger partial charge in [0.2, 0.25) is 0 Å². The van der Waals surface area contributed by atoms with E-state index in [9.17, 15) is 18.0 Å². The Labute approximate surface area is 188 Å². The van der Waals surface area contributed by atoms with E-state index in [4.69, 9.17) is 4.98 Å². The standard InChI is InChI=1S/C23H22F3N5O2/c1-13-10-20(27-14(13)2)29-22(32)31-16-8-9-30(12-16)19-7-6-18(28-21(19)31)15-4-3-5-17(11-15)33-23(24,25)26/h3-7,11,16H,8-10,12H2,1-2H3,(H,27,29,32)/t16-/m0/s1. The zero-order valence-corrected chi connectivity index (χ0v) is 18.1. The van der Waals surface area contributed by atoms with Crippen LogP contribution >= 0.6 is 0 Å². The quantitative estimate of drug-likeness (QED) is 0.700. The molecule has 0 unspecified atom stereocenters. The van der Waals surface area contributed by atoms with E-state index >= 15 is 0 Å². The molecule has 1 aromatic heterocycles. The van der Waals surface area contributed by atoms with Gasteiger partial charge in [-0.05, 0) is 50.1 Å². The van der Waals surface area contributed by atoms with Gasteiger partial charge in [0.25, 0.3) is 0 Å². The molecule has 172 valence electrons. The molecule has 4 heterocycles. The number of carbonyl (C=O) groups is 1. The highest BCUT2D eigenvalue weighted by Crippen LogP contribution is 2.40. The Bertz CT molecular complexity index is 1190. The van der Waals surface area contributed by atoms with Gasteiger partial charge in [0, 0.05) is 30.8 Å². The fourth-order valence-corrected chi connectivity index (χ4v) is 4.46. The molecule has 33 heavy (non-hydrogen) atoms. The second kappa shape index (κ2) is 7.79. The van der Waals surface area contributed by atoms with Crippen molar-refractivity contribution in [3.05, 3.63) is 47.7 Å². The van der Waals surface area contributed by atoms with Crippen molar-refractivity contribution in [3.63, 3.8) is 0 Å². The Hall–Kier alpha value is -3.56. The number of fused-ring (bicyclic) bond motifs is 4. The lowest BCUT2D eigenvalue weighted by molar-refractivity contribution is -0.274. The van der Waals surface area contributed by atoms with Crippen molar-refractivity contribution in [3.8, 4) is 17.0 Å². The Balaban J connectivity index is 1.47. The summed E-state index contributed by atoms with van der Waals surface area (Å²) in [5.41, 5.74) is 3.75. The average molecular weight is 457 g/mol. The number of urea groups is 1. The predicted octanol–water partition coefficient (Wildman–Crippen LogP) is 4.85. The smallest absolute Gasteiger partial charge is 0.406 e. The van der Waals surface area contributed by atoms with Crippen molar-refractivity contribution in [2.75, 3.05) is 22.9 Å². The predicted molar refractivity (Wildman–Crippen MR) is 118 cm³/mol. The maximum absolute atomic E-state index is 13.3. The Morgan fingerprint density at radius 1 is 1.21 bits per heavy atom. The number of hydrogen-bond donors (Lipinski definition) is 1. The first-order valence-electron chi connectivity index (χ1n) is 10.6. The number of halogens is 3. The summed E-state index contributed by atoms with van der Waals surface area (Å²) in [5, 5.41) is 2.92. The van der Waals surface area contributed by atoms with Crippen LogP contribution in [0, 0.1) is 0 Å². The molecule has 0 radical (unpaired) electrons. The topological polar surface area (TPSA) is 70.1 Å². The summed E-state index contributed by atoms with van der Waals surface area (Å²) in [6.07, 6.45) is -3.39. The second-order valence-electron chi connectivity index (χ2n) is 8.40. The van der Waals surface area contributed by atoms with Crippen molar-refractivity contribution < 1.29 is 22.7 Å². The molecule has 7 nitrogen and oxygen atoms in total. The van der Waals surface area contributed by atoms with Crippen molar-refractivity contribution in [1.82, 2.24) is 10.3 Å². The summed E-state index contributed by atoms with van der Waals surface area (Å²) in [7, 11) is 0. The number of benzene rings is 1. The van der Waals surface area contributed by atoms with E-state index in [-0.39, 0.29) is 17.8 Å². The van der Waals surface area contributed by atoms with E-state index in [2.05, 4.69) is 19.9 Å². The van der Waals surface area contributed by atoms with Gasteiger partial charge >= 0.3 is 12.4 Å². The van der Waals surface area contributed by atoms with Gasteiger partial charge in [-0.15, -0.1) is 13.2 Å². The maximum Gasteiger partial charge on any atom is 0.573 e. The van der Waals surface area contributed by atoms with Gasteiger partial charge in [-0.3, -0.25) is 10.2 Å². The number of hydrogen-bond acceptors (Lipinski definition) is 5. The number of amides is 2. The third-order valence-electron chi connectivity index (χ3n) is 6.14. The monoisotopic (exact) mass is 457 g/mol. The largest absolute Gasteiger partial charge is 0.573 e. The molecule has 0 spiro atoms. The molecule has 0 saturated carbocycles. The number of anilines is 2. The van der Waals surface area contributed by atoms with E-state index < -0.39 is 6.36 Å². The van der Waals surface area contributed by atoms with E-state index in [0.29, 0.717) is 35.9 Å². The molecule has 1 atom stereocenters. The molecule has 0 aliphatic carbocycles. The molecule has 1 N–H and O–H groups in total. The fourth-order valence-electron chi connectivity index (χ4n) is 4.46. The number of rotatable bonds is 2. The highest BCUT2D eigenvalue weighted by molar-refractivity contribution is 6.07. The number of nitrogens with one attached hydrogen (secondary N) is 1. The zero-order valence-electron chi connectivity index (χ0n) is 18.1. The number of aromatic nitrogens is 1. The van der Waals surface area contributed by atoms with Crippen LogP contribution in [0.1, 0.15) is 26.7 Å². The minimum absolute atomic E-state index is 0.0442. The molecule has 2 bridgehead atoms. The van der Waals surface area contributed by atoms with Crippen molar-refractivity contribution in [1.29, 1.82) is 0 Å². The van der Waals surface area contributed by atoms with Crippen molar-refractivity contribution in [2.45, 2.75) is 39.1 Å². The van der Waals surface area contributed by atoms with Crippen molar-refractivity contribution >= 4 is 23.4 Å². The molecule has 1 aromatic carbocycles. The number of aliphatic imine (C=N–C) groups is 1. The lowest BCUT2D eigenvalue weighted by Gasteiger charge is -2.36. The van der Waals surface area contributed by atoms with E-state index in [0.717, 1.165) is 29.9 Å². The van der Waals surface area contributed by atoms with Crippen molar-refractivity contribution in [2.24, 2.45) is 4.99 Å². The van der Waals surface area contributed by atoms with Crippen LogP contribution < -0.4 is 19.9 Å². The highest BCUT2D eigenvalue weighted by atomic mass is 19.4. The third kappa shape index (κ3) is 4.12. The van der Waals surface area contributed by atoms with Crippen LogP contribution in [0.25, 0.3) is 11.3 Å². The number of allylic oxidation sites excluding steroid dienone is 1. The molecule has 3 aliphatic heterocycles. The van der Waals surface area contributed by atoms with E-state index in [1.54, 1.807) is 17.0 Å². The van der Waals surface area contributed by atoms with Crippen LogP contribution in [-0.2, 0) is 0 Å².